The average Bonchev–Trinajstić information content (AvgIpc) is 3.12. The Labute approximate surface area is 189 Å². The number of aliphatic carboxylic acids is 1. The second kappa shape index (κ2) is 12.2. The number of hydrogen-bond donors (Lipinski definition) is 1. The number of nitrogens with zero attached hydrogens (tertiary/aromatic N) is 1. The van der Waals surface area contributed by atoms with E-state index in [0.29, 0.717) is 44.5 Å². The molecular formula is C27H30FNO3. The van der Waals surface area contributed by atoms with Gasteiger partial charge in [-0.25, -0.2) is 4.39 Å². The van der Waals surface area contributed by atoms with E-state index in [1.165, 1.54) is 0 Å². The van der Waals surface area contributed by atoms with Crippen LogP contribution in [-0.4, -0.2) is 23.9 Å². The van der Waals surface area contributed by atoms with Crippen molar-refractivity contribution < 1.29 is 19.0 Å². The van der Waals surface area contributed by atoms with Gasteiger partial charge in [0, 0.05) is 6.42 Å². The van der Waals surface area contributed by atoms with Crippen LogP contribution in [0.5, 0.6) is 0 Å². The first-order valence-corrected chi connectivity index (χ1v) is 11.2. The first kappa shape index (κ1) is 23.7. The number of benzene rings is 2. The van der Waals surface area contributed by atoms with E-state index >= 15 is 4.39 Å². The highest BCUT2D eigenvalue weighted by Crippen LogP contribution is 2.47. The zero-order valence-corrected chi connectivity index (χ0v) is 18.2. The molecule has 0 aromatic heterocycles. The first-order valence-electron chi connectivity index (χ1n) is 11.2. The number of hydrogen-bond acceptors (Lipinski definition) is 3. The topological polar surface area (TPSA) is 70.3 Å². The number of carbonyl (C=O) groups is 1. The Morgan fingerprint density at radius 3 is 2.56 bits per heavy atom. The number of alkyl halides is 1. The molecule has 1 fully saturated rings. The Balaban J connectivity index is 1.63. The van der Waals surface area contributed by atoms with E-state index < -0.39 is 12.1 Å². The minimum absolute atomic E-state index is 0.0643. The highest BCUT2D eigenvalue weighted by atomic mass is 19.1. The van der Waals surface area contributed by atoms with Crippen LogP contribution >= 0.6 is 0 Å². The van der Waals surface area contributed by atoms with Crippen LogP contribution in [0.1, 0.15) is 54.7 Å². The first-order chi connectivity index (χ1) is 15.6. The summed E-state index contributed by atoms with van der Waals surface area (Å²) in [7, 11) is 0. The monoisotopic (exact) mass is 435 g/mol. The third kappa shape index (κ3) is 6.77. The number of halogens is 1. The molecule has 0 spiro atoms. The molecule has 5 heteroatoms. The van der Waals surface area contributed by atoms with Crippen LogP contribution < -0.4 is 0 Å². The lowest BCUT2D eigenvalue weighted by Gasteiger charge is -2.25. The highest BCUT2D eigenvalue weighted by molar-refractivity contribution is 5.66. The summed E-state index contributed by atoms with van der Waals surface area (Å²) in [6.07, 6.45) is 5.64. The van der Waals surface area contributed by atoms with Gasteiger partial charge in [0.15, 0.2) is 0 Å². The van der Waals surface area contributed by atoms with Crippen molar-refractivity contribution in [2.24, 2.45) is 11.8 Å². The summed E-state index contributed by atoms with van der Waals surface area (Å²) in [6.45, 7) is 0.899. The van der Waals surface area contributed by atoms with E-state index in [1.807, 2.05) is 42.5 Å². The number of ether oxygens (including phenoxy) is 1. The van der Waals surface area contributed by atoms with Crippen molar-refractivity contribution in [3.05, 3.63) is 83.4 Å². The Morgan fingerprint density at radius 1 is 1.12 bits per heavy atom. The molecule has 0 amide bonds. The number of nitriles is 1. The summed E-state index contributed by atoms with van der Waals surface area (Å²) in [5, 5.41) is 17.7. The molecule has 0 aliphatic heterocycles. The van der Waals surface area contributed by atoms with Crippen LogP contribution in [0.4, 0.5) is 4.39 Å². The standard InChI is InChI=1S/C27H30FNO3/c28-26-16-24(22-8-4-3-5-9-22)25(23(26)10-6-1-2-7-11-27(30)31)19-32-18-21-14-12-20(17-29)13-15-21/h1,3-6,8-9,12-15,23-26H,2,7,10-11,16,18-19H2,(H,30,31)/b6-1-/t23-,24?,25-,26+/m0/s1. The Morgan fingerprint density at radius 2 is 1.88 bits per heavy atom. The van der Waals surface area contributed by atoms with Gasteiger partial charge in [0.05, 0.1) is 24.8 Å². The Kier molecular flexibility index (Phi) is 9.01. The Hall–Kier alpha value is -2.97. The average molecular weight is 436 g/mol. The maximum Gasteiger partial charge on any atom is 0.303 e. The van der Waals surface area contributed by atoms with Crippen LogP contribution in [-0.2, 0) is 16.1 Å². The highest BCUT2D eigenvalue weighted by Gasteiger charge is 2.43. The number of unbranched alkanes of at least 4 members (excludes halogenated alkanes) is 1. The van der Waals surface area contributed by atoms with Crippen molar-refractivity contribution in [3.8, 4) is 6.07 Å². The van der Waals surface area contributed by atoms with Crippen LogP contribution in [0, 0.1) is 23.2 Å². The molecule has 0 bridgehead atoms. The molecule has 0 heterocycles. The van der Waals surface area contributed by atoms with Gasteiger partial charge in [-0.05, 0) is 66.7 Å². The summed E-state index contributed by atoms with van der Waals surface area (Å²) >= 11 is 0. The minimum atomic E-state index is -0.896. The second-order valence-electron chi connectivity index (χ2n) is 8.41. The van der Waals surface area contributed by atoms with Crippen molar-refractivity contribution in [2.75, 3.05) is 6.61 Å². The fourth-order valence-electron chi connectivity index (χ4n) is 4.54. The summed E-state index contributed by atoms with van der Waals surface area (Å²) < 4.78 is 21.1. The fraction of sp³-hybridized carbons (Fsp3) is 0.407. The minimum Gasteiger partial charge on any atom is -0.481 e. The van der Waals surface area contributed by atoms with Gasteiger partial charge in [0.2, 0.25) is 0 Å². The number of carboxylic acids is 1. The Bertz CT molecular complexity index is 920. The van der Waals surface area contributed by atoms with Crippen LogP contribution in [0.15, 0.2) is 66.7 Å². The largest absolute Gasteiger partial charge is 0.481 e. The van der Waals surface area contributed by atoms with E-state index in [4.69, 9.17) is 15.1 Å². The van der Waals surface area contributed by atoms with Crippen LogP contribution in [0.25, 0.3) is 0 Å². The van der Waals surface area contributed by atoms with E-state index in [-0.39, 0.29) is 24.2 Å². The predicted molar refractivity (Wildman–Crippen MR) is 122 cm³/mol. The molecule has 2 aromatic rings. The van der Waals surface area contributed by atoms with Crippen molar-refractivity contribution in [1.29, 1.82) is 5.26 Å². The van der Waals surface area contributed by atoms with Gasteiger partial charge in [-0.2, -0.15) is 5.26 Å². The van der Waals surface area contributed by atoms with Crippen molar-refractivity contribution in [1.82, 2.24) is 0 Å². The maximum atomic E-state index is 15.1. The molecule has 2 aromatic carbocycles. The molecule has 1 saturated carbocycles. The normalized spacial score (nSPS) is 22.8. The fourth-order valence-corrected chi connectivity index (χ4v) is 4.54. The predicted octanol–water partition coefficient (Wildman–Crippen LogP) is 6.03. The lowest BCUT2D eigenvalue weighted by atomic mass is 9.84. The van der Waals surface area contributed by atoms with Gasteiger partial charge < -0.3 is 9.84 Å². The molecule has 0 radical (unpaired) electrons. The molecule has 168 valence electrons. The maximum absolute atomic E-state index is 15.1. The van der Waals surface area contributed by atoms with Gasteiger partial charge in [0.1, 0.15) is 6.17 Å². The van der Waals surface area contributed by atoms with E-state index in [2.05, 4.69) is 18.2 Å². The van der Waals surface area contributed by atoms with Gasteiger partial charge in [-0.1, -0.05) is 54.6 Å². The van der Waals surface area contributed by atoms with Gasteiger partial charge in [-0.15, -0.1) is 0 Å². The van der Waals surface area contributed by atoms with E-state index in [0.717, 1.165) is 11.1 Å². The van der Waals surface area contributed by atoms with Crippen LogP contribution in [0.2, 0.25) is 0 Å². The quantitative estimate of drug-likeness (QED) is 0.345. The molecule has 4 nitrogen and oxygen atoms in total. The molecule has 1 unspecified atom stereocenters. The summed E-state index contributed by atoms with van der Waals surface area (Å²) in [4.78, 5) is 10.6. The van der Waals surface area contributed by atoms with Gasteiger partial charge in [-0.3, -0.25) is 4.79 Å². The van der Waals surface area contributed by atoms with Crippen molar-refractivity contribution >= 4 is 5.97 Å². The molecule has 1 aliphatic carbocycles. The number of rotatable bonds is 11. The molecule has 3 rings (SSSR count). The molecule has 1 aliphatic rings. The zero-order chi connectivity index (χ0) is 22.8. The molecule has 4 atom stereocenters. The summed E-state index contributed by atoms with van der Waals surface area (Å²) in [5.41, 5.74) is 2.75. The molecule has 0 saturated heterocycles. The van der Waals surface area contributed by atoms with Crippen LogP contribution in [0.3, 0.4) is 0 Å². The SMILES string of the molecule is N#Cc1ccc(COC[C@@H]2C(c3ccccc3)C[C@@H](F)[C@H]2C/C=C\CCCC(=O)O)cc1. The lowest BCUT2D eigenvalue weighted by molar-refractivity contribution is -0.137. The zero-order valence-electron chi connectivity index (χ0n) is 18.2. The van der Waals surface area contributed by atoms with Gasteiger partial charge in [0.25, 0.3) is 0 Å². The second-order valence-corrected chi connectivity index (χ2v) is 8.41. The molecule has 32 heavy (non-hydrogen) atoms. The van der Waals surface area contributed by atoms with E-state index in [9.17, 15) is 4.79 Å². The molecule has 1 N–H and O–H groups in total. The van der Waals surface area contributed by atoms with E-state index in [1.54, 1.807) is 12.1 Å². The smallest absolute Gasteiger partial charge is 0.303 e. The third-order valence-electron chi connectivity index (χ3n) is 6.24. The molecular weight excluding hydrogens is 405 g/mol. The van der Waals surface area contributed by atoms with Crippen molar-refractivity contribution in [2.45, 2.75) is 50.8 Å². The number of carboxylic acid groups (broad SMARTS) is 1. The third-order valence-corrected chi connectivity index (χ3v) is 6.24. The summed E-state index contributed by atoms with van der Waals surface area (Å²) in [5.74, 6) is -0.743. The summed E-state index contributed by atoms with van der Waals surface area (Å²) in [6, 6.07) is 19.5. The van der Waals surface area contributed by atoms with Gasteiger partial charge >= 0.3 is 5.97 Å². The lowest BCUT2D eigenvalue weighted by Crippen LogP contribution is -2.22. The number of allylic oxidation sites excluding steroid dienone is 2. The van der Waals surface area contributed by atoms with Crippen molar-refractivity contribution in [3.63, 3.8) is 0 Å².